The van der Waals surface area contributed by atoms with Gasteiger partial charge in [-0.1, -0.05) is 22.8 Å². The molecule has 34 heavy (non-hydrogen) atoms. The predicted molar refractivity (Wildman–Crippen MR) is 124 cm³/mol. The van der Waals surface area contributed by atoms with Crippen molar-refractivity contribution >= 4 is 21.9 Å². The quantitative estimate of drug-likeness (QED) is 0.540. The number of carbonyl (C=O) groups excluding carboxylic acids is 1. The molecule has 0 saturated carbocycles. The fourth-order valence-corrected chi connectivity index (χ4v) is 5.25. The van der Waals surface area contributed by atoms with Crippen LogP contribution in [0.2, 0.25) is 0 Å². The summed E-state index contributed by atoms with van der Waals surface area (Å²) in [5, 5.41) is 10.5. The summed E-state index contributed by atoms with van der Waals surface area (Å²) in [4.78, 5) is 13.0. The van der Waals surface area contributed by atoms with Crippen LogP contribution in [0.25, 0.3) is 11.5 Å². The van der Waals surface area contributed by atoms with Crippen LogP contribution in [0, 0.1) is 12.8 Å². The molecule has 1 N–H and O–H groups in total. The molecular weight excluding hydrogens is 460 g/mol. The molecule has 2 heterocycles. The molecule has 180 valence electrons. The lowest BCUT2D eigenvalue weighted by Crippen LogP contribution is -2.41. The number of benzene rings is 2. The highest BCUT2D eigenvalue weighted by Gasteiger charge is 2.32. The Morgan fingerprint density at radius 1 is 1.03 bits per heavy atom. The van der Waals surface area contributed by atoms with Gasteiger partial charge in [-0.05, 0) is 50.1 Å². The fourth-order valence-electron chi connectivity index (χ4n) is 3.78. The summed E-state index contributed by atoms with van der Waals surface area (Å²) in [6.45, 7) is 2.42. The van der Waals surface area contributed by atoms with Crippen LogP contribution < -0.4 is 14.8 Å². The number of anilines is 1. The predicted octanol–water partition coefficient (Wildman–Crippen LogP) is 3.10. The number of nitrogens with one attached hydrogen (secondary N) is 1. The van der Waals surface area contributed by atoms with Gasteiger partial charge in [0, 0.05) is 24.6 Å². The van der Waals surface area contributed by atoms with Crippen molar-refractivity contribution in [2.75, 3.05) is 32.6 Å². The first kappa shape index (κ1) is 23.7. The molecule has 1 aromatic heterocycles. The Labute approximate surface area is 197 Å². The average molecular weight is 487 g/mol. The van der Waals surface area contributed by atoms with Gasteiger partial charge in [0.2, 0.25) is 21.8 Å². The lowest BCUT2D eigenvalue weighted by atomic mass is 9.97. The first-order valence-corrected chi connectivity index (χ1v) is 12.2. The minimum Gasteiger partial charge on any atom is -0.493 e. The second kappa shape index (κ2) is 9.82. The standard InChI is InChI=1S/C23H26N4O6S/c1-15-4-7-18(8-5-15)34(29,30)27-12-10-16(11-13-27)21(28)24-23-26-25-22(33-23)17-6-9-19(31-2)20(14-17)32-3/h4-9,14,16H,10-13H2,1-3H3,(H,24,26,28). The summed E-state index contributed by atoms with van der Waals surface area (Å²) in [5.41, 5.74) is 1.60. The van der Waals surface area contributed by atoms with Crippen LogP contribution in [-0.4, -0.2) is 56.1 Å². The summed E-state index contributed by atoms with van der Waals surface area (Å²) in [6.07, 6.45) is 0.793. The van der Waals surface area contributed by atoms with Crippen LogP contribution in [0.1, 0.15) is 18.4 Å². The van der Waals surface area contributed by atoms with Crippen molar-refractivity contribution < 1.29 is 27.1 Å². The minimum absolute atomic E-state index is 0.0236. The van der Waals surface area contributed by atoms with E-state index in [0.29, 0.717) is 29.9 Å². The Bertz CT molecular complexity index is 1260. The molecule has 4 rings (SSSR count). The van der Waals surface area contributed by atoms with E-state index in [1.165, 1.54) is 11.4 Å². The van der Waals surface area contributed by atoms with E-state index in [1.807, 2.05) is 6.92 Å². The van der Waals surface area contributed by atoms with E-state index in [1.54, 1.807) is 49.6 Å². The Morgan fingerprint density at radius 2 is 1.71 bits per heavy atom. The zero-order valence-corrected chi connectivity index (χ0v) is 20.0. The van der Waals surface area contributed by atoms with Crippen molar-refractivity contribution in [3.05, 3.63) is 48.0 Å². The zero-order chi connectivity index (χ0) is 24.3. The number of ether oxygens (including phenoxy) is 2. The topological polar surface area (TPSA) is 124 Å². The van der Waals surface area contributed by atoms with Gasteiger partial charge in [0.25, 0.3) is 0 Å². The van der Waals surface area contributed by atoms with Crippen LogP contribution in [-0.2, 0) is 14.8 Å². The van der Waals surface area contributed by atoms with E-state index < -0.39 is 10.0 Å². The lowest BCUT2D eigenvalue weighted by Gasteiger charge is -2.30. The summed E-state index contributed by atoms with van der Waals surface area (Å²) in [6, 6.07) is 11.9. The maximum atomic E-state index is 12.9. The Hall–Kier alpha value is -3.44. The Kier molecular flexibility index (Phi) is 6.85. The van der Waals surface area contributed by atoms with Gasteiger partial charge in [-0.15, -0.1) is 5.10 Å². The highest BCUT2D eigenvalue weighted by molar-refractivity contribution is 7.89. The van der Waals surface area contributed by atoms with Crippen molar-refractivity contribution in [1.82, 2.24) is 14.5 Å². The second-order valence-corrected chi connectivity index (χ2v) is 9.90. The van der Waals surface area contributed by atoms with Crippen LogP contribution in [0.4, 0.5) is 6.01 Å². The smallest absolute Gasteiger partial charge is 0.322 e. The number of rotatable bonds is 7. The van der Waals surface area contributed by atoms with E-state index in [2.05, 4.69) is 15.5 Å². The summed E-state index contributed by atoms with van der Waals surface area (Å²) in [7, 11) is -0.515. The Balaban J connectivity index is 1.37. The average Bonchev–Trinajstić information content (AvgIpc) is 3.32. The van der Waals surface area contributed by atoms with Crippen molar-refractivity contribution in [3.63, 3.8) is 0 Å². The maximum Gasteiger partial charge on any atom is 0.322 e. The molecule has 1 fully saturated rings. The molecule has 1 aliphatic rings. The molecule has 1 aliphatic heterocycles. The van der Waals surface area contributed by atoms with E-state index >= 15 is 0 Å². The Morgan fingerprint density at radius 3 is 2.35 bits per heavy atom. The first-order chi connectivity index (χ1) is 16.3. The molecule has 3 aromatic rings. The molecule has 0 spiro atoms. The van der Waals surface area contributed by atoms with Crippen molar-refractivity contribution in [1.29, 1.82) is 0 Å². The molecule has 0 bridgehead atoms. The van der Waals surface area contributed by atoms with Crippen molar-refractivity contribution in [2.45, 2.75) is 24.7 Å². The number of hydrogen-bond donors (Lipinski definition) is 1. The number of methoxy groups -OCH3 is 2. The van der Waals surface area contributed by atoms with Gasteiger partial charge < -0.3 is 13.9 Å². The molecule has 0 radical (unpaired) electrons. The summed E-state index contributed by atoms with van der Waals surface area (Å²) in [5.74, 6) is 0.650. The number of hydrogen-bond acceptors (Lipinski definition) is 8. The maximum absolute atomic E-state index is 12.9. The number of carbonyl (C=O) groups is 1. The third kappa shape index (κ3) is 4.90. The number of amides is 1. The minimum atomic E-state index is -3.58. The number of piperidine rings is 1. The number of nitrogens with zero attached hydrogens (tertiary/aromatic N) is 3. The molecule has 2 aromatic carbocycles. The monoisotopic (exact) mass is 486 g/mol. The van der Waals surface area contributed by atoms with E-state index in [-0.39, 0.29) is 41.7 Å². The van der Waals surface area contributed by atoms with E-state index in [0.717, 1.165) is 5.56 Å². The van der Waals surface area contributed by atoms with Gasteiger partial charge >= 0.3 is 6.01 Å². The third-order valence-electron chi connectivity index (χ3n) is 5.77. The van der Waals surface area contributed by atoms with Crippen LogP contribution in [0.15, 0.2) is 51.8 Å². The lowest BCUT2D eigenvalue weighted by molar-refractivity contribution is -0.121. The van der Waals surface area contributed by atoms with E-state index in [4.69, 9.17) is 13.9 Å². The zero-order valence-electron chi connectivity index (χ0n) is 19.1. The van der Waals surface area contributed by atoms with Crippen LogP contribution in [0.5, 0.6) is 11.5 Å². The molecule has 0 atom stereocenters. The highest BCUT2D eigenvalue weighted by Crippen LogP contribution is 2.32. The van der Waals surface area contributed by atoms with Gasteiger partial charge in [0.15, 0.2) is 11.5 Å². The molecule has 11 heteroatoms. The summed E-state index contributed by atoms with van der Waals surface area (Å²) < 4.78 is 43.2. The van der Waals surface area contributed by atoms with Crippen LogP contribution in [0.3, 0.4) is 0 Å². The third-order valence-corrected chi connectivity index (χ3v) is 7.68. The van der Waals surface area contributed by atoms with Gasteiger partial charge in [0.05, 0.1) is 19.1 Å². The SMILES string of the molecule is COc1ccc(-c2nnc(NC(=O)C3CCN(S(=O)(=O)c4ccc(C)cc4)CC3)o2)cc1OC. The number of aryl methyl sites for hydroxylation is 1. The molecule has 0 aliphatic carbocycles. The fraction of sp³-hybridized carbons (Fsp3) is 0.348. The highest BCUT2D eigenvalue weighted by atomic mass is 32.2. The van der Waals surface area contributed by atoms with Crippen molar-refractivity contribution in [2.24, 2.45) is 5.92 Å². The first-order valence-electron chi connectivity index (χ1n) is 10.8. The molecule has 1 amide bonds. The largest absolute Gasteiger partial charge is 0.493 e. The van der Waals surface area contributed by atoms with Gasteiger partial charge in [-0.2, -0.15) is 4.31 Å². The van der Waals surface area contributed by atoms with Gasteiger partial charge in [-0.3, -0.25) is 10.1 Å². The van der Waals surface area contributed by atoms with Gasteiger partial charge in [-0.25, -0.2) is 8.42 Å². The second-order valence-electron chi connectivity index (χ2n) is 7.96. The van der Waals surface area contributed by atoms with Crippen molar-refractivity contribution in [3.8, 4) is 23.0 Å². The molecule has 10 nitrogen and oxygen atoms in total. The number of aromatic nitrogens is 2. The molecular formula is C23H26N4O6S. The normalized spacial score (nSPS) is 15.1. The molecule has 1 saturated heterocycles. The van der Waals surface area contributed by atoms with E-state index in [9.17, 15) is 13.2 Å². The van der Waals surface area contributed by atoms with Crippen LogP contribution >= 0.6 is 0 Å². The molecule has 0 unspecified atom stereocenters. The summed E-state index contributed by atoms with van der Waals surface area (Å²) >= 11 is 0. The van der Waals surface area contributed by atoms with Gasteiger partial charge in [0.1, 0.15) is 0 Å². The number of sulfonamides is 1.